The van der Waals surface area contributed by atoms with Crippen molar-refractivity contribution in [3.05, 3.63) is 0 Å². The molecule has 1 fully saturated rings. The predicted molar refractivity (Wildman–Crippen MR) is 53.5 cm³/mol. The van der Waals surface area contributed by atoms with Crippen molar-refractivity contribution in [1.82, 2.24) is 0 Å². The quantitative estimate of drug-likeness (QED) is 0.250. The van der Waals surface area contributed by atoms with Gasteiger partial charge in [0.25, 0.3) is 0 Å². The van der Waals surface area contributed by atoms with Crippen molar-refractivity contribution in [2.75, 3.05) is 6.61 Å². The smallest absolute Gasteiger partial charge is 0.371 e. The van der Waals surface area contributed by atoms with Gasteiger partial charge in [-0.1, -0.05) is 0 Å². The number of hydrogen-bond acceptors (Lipinski definition) is 9. The summed E-state index contributed by atoms with van der Waals surface area (Å²) in [5.74, 6) is -3.65. The fourth-order valence-electron chi connectivity index (χ4n) is 1.46. The van der Waals surface area contributed by atoms with Gasteiger partial charge >= 0.3 is 17.9 Å². The van der Waals surface area contributed by atoms with Crippen molar-refractivity contribution >= 4 is 30.5 Å². The second kappa shape index (κ2) is 5.57. The van der Waals surface area contributed by atoms with Crippen LogP contribution in [0.25, 0.3) is 0 Å². The monoisotopic (exact) mass is 274 g/mol. The van der Waals surface area contributed by atoms with E-state index in [1.54, 1.807) is 0 Å². The number of ether oxygens (including phenoxy) is 3. The van der Waals surface area contributed by atoms with Gasteiger partial charge in [0.05, 0.1) is 0 Å². The third-order valence-corrected chi connectivity index (χ3v) is 2.39. The average Bonchev–Trinajstić information content (AvgIpc) is 2.59. The van der Waals surface area contributed by atoms with E-state index in [2.05, 4.69) is 14.2 Å². The zero-order valence-corrected chi connectivity index (χ0v) is 9.73. The lowest BCUT2D eigenvalue weighted by molar-refractivity contribution is -0.167. The molecule has 0 amide bonds. The van der Waals surface area contributed by atoms with E-state index in [4.69, 9.17) is 0 Å². The van der Waals surface area contributed by atoms with E-state index in [0.717, 1.165) is 6.92 Å². The lowest BCUT2D eigenvalue weighted by atomic mass is 9.98. The number of carbonyl (C=O) groups is 5. The van der Waals surface area contributed by atoms with Crippen molar-refractivity contribution in [2.45, 2.75) is 24.7 Å². The zero-order valence-electron chi connectivity index (χ0n) is 9.73. The maximum absolute atomic E-state index is 11.3. The number of cyclic esters (lactones) is 1. The Morgan fingerprint density at radius 1 is 1.37 bits per heavy atom. The number of aliphatic hydroxyl groups is 1. The van der Waals surface area contributed by atoms with Gasteiger partial charge in [-0.15, -0.1) is 0 Å². The van der Waals surface area contributed by atoms with E-state index in [-0.39, 0.29) is 12.6 Å². The molecule has 19 heavy (non-hydrogen) atoms. The van der Waals surface area contributed by atoms with E-state index in [1.807, 2.05) is 0 Å². The molecule has 1 saturated heterocycles. The van der Waals surface area contributed by atoms with Crippen molar-refractivity contribution in [3.63, 3.8) is 0 Å². The highest BCUT2D eigenvalue weighted by molar-refractivity contribution is 6.20. The zero-order chi connectivity index (χ0) is 14.6. The average molecular weight is 274 g/mol. The summed E-state index contributed by atoms with van der Waals surface area (Å²) in [6.07, 6.45) is -3.11. The maximum Gasteiger partial charge on any atom is 0.371 e. The van der Waals surface area contributed by atoms with Gasteiger partial charge in [-0.3, -0.25) is 9.59 Å². The van der Waals surface area contributed by atoms with Crippen LogP contribution in [0.5, 0.6) is 0 Å². The summed E-state index contributed by atoms with van der Waals surface area (Å²) >= 11 is 0. The number of carbonyl (C=O) groups excluding carboxylic acids is 5. The minimum atomic E-state index is -2.18. The van der Waals surface area contributed by atoms with Crippen LogP contribution in [0.3, 0.4) is 0 Å². The maximum atomic E-state index is 11.3. The first-order valence-corrected chi connectivity index (χ1v) is 5.04. The van der Waals surface area contributed by atoms with Crippen LogP contribution in [0.2, 0.25) is 0 Å². The summed E-state index contributed by atoms with van der Waals surface area (Å²) < 4.78 is 13.6. The first-order valence-electron chi connectivity index (χ1n) is 5.04. The lowest BCUT2D eigenvalue weighted by Crippen LogP contribution is -2.47. The number of rotatable bonds is 5. The fourth-order valence-corrected chi connectivity index (χ4v) is 1.46. The summed E-state index contributed by atoms with van der Waals surface area (Å²) in [7, 11) is 0. The van der Waals surface area contributed by atoms with E-state index in [1.165, 1.54) is 0 Å². The molecule has 9 nitrogen and oxygen atoms in total. The van der Waals surface area contributed by atoms with E-state index in [0.29, 0.717) is 0 Å². The number of esters is 3. The molecule has 0 aromatic heterocycles. The molecule has 0 aromatic rings. The van der Waals surface area contributed by atoms with Gasteiger partial charge in [-0.25, -0.2) is 14.4 Å². The highest BCUT2D eigenvalue weighted by atomic mass is 16.6. The predicted octanol–water partition coefficient (Wildman–Crippen LogP) is -2.48. The minimum absolute atomic E-state index is 0.110. The van der Waals surface area contributed by atoms with Gasteiger partial charge in [0.15, 0.2) is 17.8 Å². The Kier molecular flexibility index (Phi) is 4.33. The van der Waals surface area contributed by atoms with Gasteiger partial charge in [0.2, 0.25) is 12.6 Å². The van der Waals surface area contributed by atoms with Crippen LogP contribution in [0.1, 0.15) is 6.92 Å². The Morgan fingerprint density at radius 2 is 1.95 bits per heavy atom. The molecule has 0 unspecified atom stereocenters. The van der Waals surface area contributed by atoms with Crippen LogP contribution in [0.4, 0.5) is 0 Å². The Balaban J connectivity index is 2.80. The van der Waals surface area contributed by atoms with E-state index in [9.17, 15) is 29.1 Å². The highest BCUT2D eigenvalue weighted by Crippen LogP contribution is 2.29. The highest BCUT2D eigenvalue weighted by Gasteiger charge is 2.56. The summed E-state index contributed by atoms with van der Waals surface area (Å²) in [6, 6.07) is 0. The van der Waals surface area contributed by atoms with Crippen molar-refractivity contribution < 1.29 is 43.3 Å². The molecule has 1 rings (SSSR count). The van der Waals surface area contributed by atoms with Crippen molar-refractivity contribution in [1.29, 1.82) is 0 Å². The molecular weight excluding hydrogens is 264 g/mol. The van der Waals surface area contributed by atoms with Crippen LogP contribution in [0.15, 0.2) is 0 Å². The summed E-state index contributed by atoms with van der Waals surface area (Å²) in [5, 5.41) is 9.78. The molecule has 1 heterocycles. The third kappa shape index (κ3) is 3.13. The third-order valence-electron chi connectivity index (χ3n) is 2.39. The Morgan fingerprint density at radius 3 is 2.47 bits per heavy atom. The molecule has 1 N–H and O–H groups in total. The van der Waals surface area contributed by atoms with E-state index < -0.39 is 42.3 Å². The van der Waals surface area contributed by atoms with Gasteiger partial charge in [0.1, 0.15) is 6.61 Å². The lowest BCUT2D eigenvalue weighted by Gasteiger charge is -2.22. The molecule has 0 radical (unpaired) electrons. The molecule has 3 atom stereocenters. The molecule has 0 saturated carbocycles. The minimum Gasteiger partial charge on any atom is -0.456 e. The first-order chi connectivity index (χ1) is 8.82. The van der Waals surface area contributed by atoms with Gasteiger partial charge in [0, 0.05) is 0 Å². The van der Waals surface area contributed by atoms with E-state index >= 15 is 0 Å². The molecule has 104 valence electrons. The molecule has 0 bridgehead atoms. The molecular formula is C10H10O9. The van der Waals surface area contributed by atoms with Gasteiger partial charge < -0.3 is 19.3 Å². The largest absolute Gasteiger partial charge is 0.456 e. The fraction of sp³-hybridized carbons (Fsp3) is 0.500. The second-order valence-electron chi connectivity index (χ2n) is 3.81. The standard InChI is InChI=1S/C10H10O9/c1-10(16)8(19-7(14)3-12)5(18-9(10)15)4-17-6(13)2-11/h2-3,5,8,16H,4H2,1H3/t5-,8-,10+/m1/s1. The molecule has 0 spiro atoms. The molecule has 1 aliphatic rings. The number of aldehydes is 2. The number of hydrogen-bond donors (Lipinski definition) is 1. The second-order valence-corrected chi connectivity index (χ2v) is 3.81. The van der Waals surface area contributed by atoms with Crippen LogP contribution in [-0.2, 0) is 38.2 Å². The van der Waals surface area contributed by atoms with Gasteiger partial charge in [-0.05, 0) is 6.92 Å². The molecule has 1 aliphatic heterocycles. The Labute approximate surface area is 106 Å². The molecule has 0 aliphatic carbocycles. The van der Waals surface area contributed by atoms with Crippen LogP contribution in [0, 0.1) is 0 Å². The van der Waals surface area contributed by atoms with Crippen molar-refractivity contribution in [2.24, 2.45) is 0 Å². The summed E-state index contributed by atoms with van der Waals surface area (Å²) in [5.41, 5.74) is -2.18. The van der Waals surface area contributed by atoms with Crippen LogP contribution < -0.4 is 0 Å². The summed E-state index contributed by atoms with van der Waals surface area (Å²) in [4.78, 5) is 53.1. The topological polar surface area (TPSA) is 133 Å². The molecule has 0 aromatic carbocycles. The van der Waals surface area contributed by atoms with Crippen LogP contribution >= 0.6 is 0 Å². The normalized spacial score (nSPS) is 29.3. The Bertz CT molecular complexity index is 425. The summed E-state index contributed by atoms with van der Waals surface area (Å²) in [6.45, 7) is 0.413. The first kappa shape index (κ1) is 14.8. The van der Waals surface area contributed by atoms with Gasteiger partial charge in [-0.2, -0.15) is 0 Å². The molecule has 9 heteroatoms. The van der Waals surface area contributed by atoms with Crippen LogP contribution in [-0.4, -0.2) is 60.0 Å². The van der Waals surface area contributed by atoms with Crippen molar-refractivity contribution in [3.8, 4) is 0 Å². The Hall–Kier alpha value is -2.29. The SMILES string of the molecule is C[C@@]1(O)C(=O)O[C@H](COC(=O)C=O)[C@H]1OC(=O)C=O.